The van der Waals surface area contributed by atoms with E-state index in [-0.39, 0.29) is 11.2 Å². The lowest BCUT2D eigenvalue weighted by atomic mass is 9.87. The normalized spacial score (nSPS) is 11.3. The number of ether oxygens (including phenoxy) is 1. The SMILES string of the molecule is CCCOc1ccccc1C(=O)CC(C)(C)C. The van der Waals surface area contributed by atoms with E-state index in [0.29, 0.717) is 24.3 Å². The quantitative estimate of drug-likeness (QED) is 0.717. The van der Waals surface area contributed by atoms with Crippen molar-refractivity contribution < 1.29 is 9.53 Å². The molecule has 0 N–H and O–H groups in total. The third-order valence-electron chi connectivity index (χ3n) is 2.34. The molecule has 0 atom stereocenters. The van der Waals surface area contributed by atoms with Crippen LogP contribution in [0.4, 0.5) is 0 Å². The van der Waals surface area contributed by atoms with Crippen LogP contribution in [-0.4, -0.2) is 12.4 Å². The minimum atomic E-state index is 0.00888. The average molecular weight is 234 g/mol. The van der Waals surface area contributed by atoms with Crippen molar-refractivity contribution in [2.75, 3.05) is 6.61 Å². The highest BCUT2D eigenvalue weighted by molar-refractivity contribution is 5.98. The third kappa shape index (κ3) is 4.59. The maximum absolute atomic E-state index is 12.2. The fraction of sp³-hybridized carbons (Fsp3) is 0.533. The van der Waals surface area contributed by atoms with Gasteiger partial charge in [-0.3, -0.25) is 4.79 Å². The van der Waals surface area contributed by atoms with Gasteiger partial charge in [0.2, 0.25) is 0 Å². The number of carbonyl (C=O) groups is 1. The number of ketones is 1. The molecule has 0 saturated carbocycles. The molecule has 0 aromatic heterocycles. The Bertz CT molecular complexity index is 375. The van der Waals surface area contributed by atoms with Gasteiger partial charge in [0.25, 0.3) is 0 Å². The maximum atomic E-state index is 12.2. The topological polar surface area (TPSA) is 26.3 Å². The number of benzene rings is 1. The van der Waals surface area contributed by atoms with Gasteiger partial charge in [-0.1, -0.05) is 39.8 Å². The fourth-order valence-corrected chi connectivity index (χ4v) is 1.61. The maximum Gasteiger partial charge on any atom is 0.167 e. The van der Waals surface area contributed by atoms with Crippen molar-refractivity contribution in [1.82, 2.24) is 0 Å². The molecule has 0 heterocycles. The molecule has 0 amide bonds. The molecule has 0 aliphatic heterocycles. The van der Waals surface area contributed by atoms with Crippen molar-refractivity contribution in [2.24, 2.45) is 5.41 Å². The van der Waals surface area contributed by atoms with E-state index < -0.39 is 0 Å². The number of hydrogen-bond donors (Lipinski definition) is 0. The molecule has 1 aromatic carbocycles. The molecular weight excluding hydrogens is 212 g/mol. The molecule has 0 unspecified atom stereocenters. The molecule has 1 aromatic rings. The fourth-order valence-electron chi connectivity index (χ4n) is 1.61. The van der Waals surface area contributed by atoms with Crippen molar-refractivity contribution >= 4 is 5.78 Å². The van der Waals surface area contributed by atoms with Crippen LogP contribution in [0.3, 0.4) is 0 Å². The molecule has 1 rings (SSSR count). The van der Waals surface area contributed by atoms with E-state index in [1.54, 1.807) is 0 Å². The van der Waals surface area contributed by atoms with E-state index in [1.165, 1.54) is 0 Å². The first kappa shape index (κ1) is 13.8. The molecular formula is C15H22O2. The molecule has 17 heavy (non-hydrogen) atoms. The van der Waals surface area contributed by atoms with Crippen molar-refractivity contribution in [3.63, 3.8) is 0 Å². The molecule has 2 heteroatoms. The number of carbonyl (C=O) groups excluding carboxylic acids is 1. The van der Waals surface area contributed by atoms with Crippen LogP contribution in [0.5, 0.6) is 5.75 Å². The van der Waals surface area contributed by atoms with Crippen LogP contribution in [-0.2, 0) is 0 Å². The smallest absolute Gasteiger partial charge is 0.167 e. The van der Waals surface area contributed by atoms with Crippen LogP contribution in [0.25, 0.3) is 0 Å². The van der Waals surface area contributed by atoms with E-state index in [0.717, 1.165) is 6.42 Å². The Balaban J connectivity index is 2.85. The molecule has 0 aliphatic carbocycles. The Hall–Kier alpha value is -1.31. The van der Waals surface area contributed by atoms with Gasteiger partial charge in [-0.15, -0.1) is 0 Å². The van der Waals surface area contributed by atoms with Gasteiger partial charge in [0.05, 0.1) is 12.2 Å². The molecule has 0 bridgehead atoms. The van der Waals surface area contributed by atoms with Crippen molar-refractivity contribution in [3.05, 3.63) is 29.8 Å². The first-order valence-electron chi connectivity index (χ1n) is 6.19. The van der Waals surface area contributed by atoms with Gasteiger partial charge in [0.15, 0.2) is 5.78 Å². The highest BCUT2D eigenvalue weighted by Gasteiger charge is 2.19. The Morgan fingerprint density at radius 1 is 1.24 bits per heavy atom. The summed E-state index contributed by atoms with van der Waals surface area (Å²) in [7, 11) is 0. The second-order valence-electron chi connectivity index (χ2n) is 5.51. The lowest BCUT2D eigenvalue weighted by Crippen LogP contribution is -2.14. The van der Waals surface area contributed by atoms with Gasteiger partial charge < -0.3 is 4.74 Å². The summed E-state index contributed by atoms with van der Waals surface area (Å²) < 4.78 is 5.60. The Morgan fingerprint density at radius 3 is 2.47 bits per heavy atom. The van der Waals surface area contributed by atoms with E-state index in [9.17, 15) is 4.79 Å². The molecule has 94 valence electrons. The molecule has 0 saturated heterocycles. The highest BCUT2D eigenvalue weighted by Crippen LogP contribution is 2.26. The van der Waals surface area contributed by atoms with Crippen LogP contribution in [0, 0.1) is 5.41 Å². The van der Waals surface area contributed by atoms with Crippen molar-refractivity contribution in [1.29, 1.82) is 0 Å². The summed E-state index contributed by atoms with van der Waals surface area (Å²) in [5.74, 6) is 0.868. The lowest BCUT2D eigenvalue weighted by Gasteiger charge is -2.18. The summed E-state index contributed by atoms with van der Waals surface area (Å²) in [5, 5.41) is 0. The van der Waals surface area contributed by atoms with Gasteiger partial charge in [-0.2, -0.15) is 0 Å². The van der Waals surface area contributed by atoms with E-state index in [2.05, 4.69) is 27.7 Å². The second kappa shape index (κ2) is 5.85. The van der Waals surface area contributed by atoms with Crippen LogP contribution in [0.2, 0.25) is 0 Å². The highest BCUT2D eigenvalue weighted by atomic mass is 16.5. The van der Waals surface area contributed by atoms with Crippen LogP contribution >= 0.6 is 0 Å². The number of Topliss-reactive ketones (excluding diaryl/α,β-unsaturated/α-hetero) is 1. The van der Waals surface area contributed by atoms with Crippen molar-refractivity contribution in [3.8, 4) is 5.75 Å². The third-order valence-corrected chi connectivity index (χ3v) is 2.34. The summed E-state index contributed by atoms with van der Waals surface area (Å²) in [6, 6.07) is 7.50. The lowest BCUT2D eigenvalue weighted by molar-refractivity contribution is 0.0936. The molecule has 0 aliphatic rings. The summed E-state index contributed by atoms with van der Waals surface area (Å²) in [6.07, 6.45) is 1.49. The predicted molar refractivity (Wildman–Crippen MR) is 70.6 cm³/mol. The van der Waals surface area contributed by atoms with E-state index in [1.807, 2.05) is 24.3 Å². The van der Waals surface area contributed by atoms with Gasteiger partial charge in [-0.25, -0.2) is 0 Å². The number of hydrogen-bond acceptors (Lipinski definition) is 2. The first-order chi connectivity index (χ1) is 7.94. The predicted octanol–water partition coefficient (Wildman–Crippen LogP) is 4.09. The van der Waals surface area contributed by atoms with Crippen LogP contribution in [0.15, 0.2) is 24.3 Å². The Kier molecular flexibility index (Phi) is 4.73. The zero-order valence-electron chi connectivity index (χ0n) is 11.2. The standard InChI is InChI=1S/C15H22O2/c1-5-10-17-14-9-7-6-8-12(14)13(16)11-15(2,3)4/h6-9H,5,10-11H2,1-4H3. The number of rotatable bonds is 5. The summed E-state index contributed by atoms with van der Waals surface area (Å²) in [4.78, 5) is 12.2. The monoisotopic (exact) mass is 234 g/mol. The zero-order valence-corrected chi connectivity index (χ0v) is 11.2. The average Bonchev–Trinajstić information content (AvgIpc) is 2.24. The summed E-state index contributed by atoms with van der Waals surface area (Å²) in [6.45, 7) is 8.92. The molecule has 0 spiro atoms. The zero-order chi connectivity index (χ0) is 12.9. The largest absolute Gasteiger partial charge is 0.493 e. The number of para-hydroxylation sites is 1. The van der Waals surface area contributed by atoms with Gasteiger partial charge in [-0.05, 0) is 24.0 Å². The summed E-state index contributed by atoms with van der Waals surface area (Å²) in [5.41, 5.74) is 0.713. The Labute approximate surface area is 104 Å². The van der Waals surface area contributed by atoms with Gasteiger partial charge in [0.1, 0.15) is 5.75 Å². The van der Waals surface area contributed by atoms with Gasteiger partial charge >= 0.3 is 0 Å². The molecule has 0 fully saturated rings. The molecule has 0 radical (unpaired) electrons. The summed E-state index contributed by atoms with van der Waals surface area (Å²) >= 11 is 0. The van der Waals surface area contributed by atoms with Crippen LogP contribution in [0.1, 0.15) is 50.9 Å². The second-order valence-corrected chi connectivity index (χ2v) is 5.51. The Morgan fingerprint density at radius 2 is 1.88 bits per heavy atom. The van der Waals surface area contributed by atoms with Gasteiger partial charge in [0, 0.05) is 6.42 Å². The minimum Gasteiger partial charge on any atom is -0.493 e. The van der Waals surface area contributed by atoms with E-state index >= 15 is 0 Å². The van der Waals surface area contributed by atoms with Crippen LogP contribution < -0.4 is 4.74 Å². The first-order valence-corrected chi connectivity index (χ1v) is 6.19. The molecule has 2 nitrogen and oxygen atoms in total. The van der Waals surface area contributed by atoms with E-state index in [4.69, 9.17) is 4.74 Å². The van der Waals surface area contributed by atoms with Crippen molar-refractivity contribution in [2.45, 2.75) is 40.5 Å². The minimum absolute atomic E-state index is 0.00888.